The van der Waals surface area contributed by atoms with Crippen LogP contribution >= 0.6 is 0 Å². The Morgan fingerprint density at radius 2 is 2.00 bits per heavy atom. The number of benzene rings is 1. The predicted octanol–water partition coefficient (Wildman–Crippen LogP) is 1.90. The lowest BCUT2D eigenvalue weighted by Gasteiger charge is -2.23. The fraction of sp³-hybridized carbons (Fsp3) is 0.450. The molecule has 0 radical (unpaired) electrons. The van der Waals surface area contributed by atoms with Crippen LogP contribution in [0.4, 0.5) is 8.78 Å². The number of nitrogens with one attached hydrogen (secondary N) is 1. The van der Waals surface area contributed by atoms with Crippen LogP contribution in [0.1, 0.15) is 31.7 Å². The quantitative estimate of drug-likeness (QED) is 0.684. The SMILES string of the molecule is C=CC(F)(F)c1ccccc1S(=O)(=O)C1CC(C(=O)NC2(C#N)CC2)N(C(C)=O)C1. The molecule has 0 aromatic heterocycles. The molecule has 1 aliphatic carbocycles. The van der Waals surface area contributed by atoms with Crippen LogP contribution in [0.25, 0.3) is 0 Å². The normalized spacial score (nSPS) is 22.8. The fourth-order valence-corrected chi connectivity index (χ4v) is 5.54. The van der Waals surface area contributed by atoms with Gasteiger partial charge in [-0.15, -0.1) is 0 Å². The van der Waals surface area contributed by atoms with Gasteiger partial charge in [-0.3, -0.25) is 9.59 Å². The summed E-state index contributed by atoms with van der Waals surface area (Å²) in [6, 6.07) is 5.64. The molecule has 2 atom stereocenters. The second-order valence-electron chi connectivity index (χ2n) is 7.60. The standard InChI is InChI=1S/C20H21F2N3O4S/c1-3-20(21,22)15-6-4-5-7-17(15)30(28,29)14-10-16(25(11-14)13(2)26)18(27)24-19(12-23)8-9-19/h3-7,14,16H,1,8-11H2,2H3,(H,24,27). The zero-order chi connectivity index (χ0) is 22.3. The van der Waals surface area contributed by atoms with Gasteiger partial charge in [0.25, 0.3) is 5.92 Å². The maximum atomic E-state index is 14.3. The summed E-state index contributed by atoms with van der Waals surface area (Å²) in [4.78, 5) is 25.3. The average Bonchev–Trinajstić information content (AvgIpc) is 3.32. The highest BCUT2D eigenvalue weighted by Gasteiger charge is 2.50. The Kier molecular flexibility index (Phi) is 5.45. The number of amides is 2. The first kappa shape index (κ1) is 21.9. The molecule has 1 saturated heterocycles. The highest BCUT2D eigenvalue weighted by atomic mass is 32.2. The molecule has 1 aliphatic heterocycles. The maximum Gasteiger partial charge on any atom is 0.292 e. The summed E-state index contributed by atoms with van der Waals surface area (Å²) in [5, 5.41) is 10.5. The van der Waals surface area contributed by atoms with Crippen LogP contribution < -0.4 is 5.32 Å². The zero-order valence-corrected chi connectivity index (χ0v) is 17.1. The molecule has 10 heteroatoms. The molecular formula is C20H21F2N3O4S. The van der Waals surface area contributed by atoms with Crippen molar-refractivity contribution in [1.82, 2.24) is 10.2 Å². The third-order valence-corrected chi connectivity index (χ3v) is 7.73. The summed E-state index contributed by atoms with van der Waals surface area (Å²) in [7, 11) is -4.30. The van der Waals surface area contributed by atoms with Crippen LogP contribution in [0.3, 0.4) is 0 Å². The van der Waals surface area contributed by atoms with Gasteiger partial charge in [-0.25, -0.2) is 8.42 Å². The van der Waals surface area contributed by atoms with Gasteiger partial charge in [0.15, 0.2) is 9.84 Å². The lowest BCUT2D eigenvalue weighted by Crippen LogP contribution is -2.48. The summed E-state index contributed by atoms with van der Waals surface area (Å²) in [6.45, 7) is 3.97. The van der Waals surface area contributed by atoms with Crippen molar-refractivity contribution in [1.29, 1.82) is 5.26 Å². The molecule has 1 N–H and O–H groups in total. The summed E-state index contributed by atoms with van der Waals surface area (Å²) < 4.78 is 55.0. The number of carbonyl (C=O) groups excluding carboxylic acids is 2. The Morgan fingerprint density at radius 3 is 2.53 bits per heavy atom. The minimum atomic E-state index is -4.30. The Hall–Kier alpha value is -2.80. The number of halogens is 2. The van der Waals surface area contributed by atoms with E-state index in [2.05, 4.69) is 11.9 Å². The maximum absolute atomic E-state index is 14.3. The van der Waals surface area contributed by atoms with E-state index in [1.807, 2.05) is 6.07 Å². The molecule has 2 fully saturated rings. The van der Waals surface area contributed by atoms with Crippen LogP contribution in [0.2, 0.25) is 0 Å². The van der Waals surface area contributed by atoms with E-state index in [9.17, 15) is 26.8 Å². The van der Waals surface area contributed by atoms with Crippen LogP contribution in [-0.4, -0.2) is 48.5 Å². The van der Waals surface area contributed by atoms with Gasteiger partial charge in [0.05, 0.1) is 16.2 Å². The van der Waals surface area contributed by atoms with Gasteiger partial charge in [0.2, 0.25) is 11.8 Å². The molecule has 0 spiro atoms. The molecule has 1 aromatic rings. The van der Waals surface area contributed by atoms with Crippen molar-refractivity contribution in [3.8, 4) is 6.07 Å². The number of carbonyl (C=O) groups is 2. The molecule has 2 unspecified atom stereocenters. The Labute approximate surface area is 173 Å². The monoisotopic (exact) mass is 437 g/mol. The van der Waals surface area contributed by atoms with Crippen molar-refractivity contribution in [2.45, 2.75) is 53.8 Å². The third kappa shape index (κ3) is 3.81. The van der Waals surface area contributed by atoms with Crippen molar-refractivity contribution in [2.75, 3.05) is 6.54 Å². The number of nitrogens with zero attached hydrogens (tertiary/aromatic N) is 2. The van der Waals surface area contributed by atoms with E-state index < -0.39 is 54.9 Å². The number of hydrogen-bond donors (Lipinski definition) is 1. The van der Waals surface area contributed by atoms with Gasteiger partial charge in [-0.1, -0.05) is 24.8 Å². The molecule has 2 amide bonds. The van der Waals surface area contributed by atoms with Crippen LogP contribution in [0.15, 0.2) is 41.8 Å². The van der Waals surface area contributed by atoms with E-state index in [1.54, 1.807) is 0 Å². The molecule has 1 heterocycles. The van der Waals surface area contributed by atoms with Crippen molar-refractivity contribution < 1.29 is 26.8 Å². The number of sulfone groups is 1. The van der Waals surface area contributed by atoms with E-state index >= 15 is 0 Å². The first-order valence-corrected chi connectivity index (χ1v) is 10.9. The van der Waals surface area contributed by atoms with Crippen molar-refractivity contribution in [3.63, 3.8) is 0 Å². The lowest BCUT2D eigenvalue weighted by atomic mass is 10.1. The fourth-order valence-electron chi connectivity index (χ4n) is 3.61. The largest absolute Gasteiger partial charge is 0.336 e. The second kappa shape index (κ2) is 7.47. The Balaban J connectivity index is 1.93. The van der Waals surface area contributed by atoms with Crippen molar-refractivity contribution in [3.05, 3.63) is 42.5 Å². The van der Waals surface area contributed by atoms with E-state index in [4.69, 9.17) is 5.26 Å². The topological polar surface area (TPSA) is 107 Å². The average molecular weight is 437 g/mol. The van der Waals surface area contributed by atoms with Gasteiger partial charge in [0, 0.05) is 19.0 Å². The molecule has 7 nitrogen and oxygen atoms in total. The molecule has 1 aromatic carbocycles. The van der Waals surface area contributed by atoms with E-state index in [-0.39, 0.29) is 13.0 Å². The molecular weight excluding hydrogens is 416 g/mol. The number of alkyl halides is 2. The molecule has 0 bridgehead atoms. The molecule has 30 heavy (non-hydrogen) atoms. The molecule has 1 saturated carbocycles. The number of hydrogen-bond acceptors (Lipinski definition) is 5. The van der Waals surface area contributed by atoms with Gasteiger partial charge >= 0.3 is 0 Å². The zero-order valence-electron chi connectivity index (χ0n) is 16.3. The van der Waals surface area contributed by atoms with E-state index in [0.29, 0.717) is 18.9 Å². The number of likely N-dealkylation sites (tertiary alicyclic amines) is 1. The molecule has 160 valence electrons. The summed E-state index contributed by atoms with van der Waals surface area (Å²) in [6.07, 6.45) is 1.08. The number of nitriles is 1. The first-order valence-electron chi connectivity index (χ1n) is 9.33. The Bertz CT molecular complexity index is 1040. The van der Waals surface area contributed by atoms with E-state index in [1.165, 1.54) is 19.1 Å². The number of allylic oxidation sites excluding steroid dienone is 1. The highest BCUT2D eigenvalue weighted by Crippen LogP contribution is 2.38. The second-order valence-corrected chi connectivity index (χ2v) is 9.79. The predicted molar refractivity (Wildman–Crippen MR) is 103 cm³/mol. The number of rotatable bonds is 6. The molecule has 3 rings (SSSR count). The van der Waals surface area contributed by atoms with Crippen molar-refractivity contribution >= 4 is 21.7 Å². The lowest BCUT2D eigenvalue weighted by molar-refractivity contribution is -0.137. The molecule has 2 aliphatic rings. The van der Waals surface area contributed by atoms with Gasteiger partial charge in [-0.2, -0.15) is 14.0 Å². The van der Waals surface area contributed by atoms with Gasteiger partial charge < -0.3 is 10.2 Å². The summed E-state index contributed by atoms with van der Waals surface area (Å²) in [5.74, 6) is -4.70. The minimum absolute atomic E-state index is 0.247. The van der Waals surface area contributed by atoms with Crippen LogP contribution in [0.5, 0.6) is 0 Å². The van der Waals surface area contributed by atoms with Crippen LogP contribution in [-0.2, 0) is 25.3 Å². The van der Waals surface area contributed by atoms with Crippen molar-refractivity contribution in [2.24, 2.45) is 0 Å². The Morgan fingerprint density at radius 1 is 1.37 bits per heavy atom. The summed E-state index contributed by atoms with van der Waals surface area (Å²) >= 11 is 0. The van der Waals surface area contributed by atoms with Gasteiger partial charge in [-0.05, 0) is 31.4 Å². The first-order chi connectivity index (χ1) is 14.0. The minimum Gasteiger partial charge on any atom is -0.336 e. The van der Waals surface area contributed by atoms with Gasteiger partial charge in [0.1, 0.15) is 11.6 Å². The van der Waals surface area contributed by atoms with Crippen LogP contribution in [0, 0.1) is 11.3 Å². The van der Waals surface area contributed by atoms with E-state index in [0.717, 1.165) is 17.0 Å². The smallest absolute Gasteiger partial charge is 0.292 e. The summed E-state index contributed by atoms with van der Waals surface area (Å²) in [5.41, 5.74) is -1.68. The third-order valence-electron chi connectivity index (χ3n) is 5.54. The highest BCUT2D eigenvalue weighted by molar-refractivity contribution is 7.92.